The van der Waals surface area contributed by atoms with Gasteiger partial charge in [0, 0.05) is 20.3 Å². The lowest BCUT2D eigenvalue weighted by molar-refractivity contribution is 0.121. The smallest absolute Gasteiger partial charge is 0.330 e. The van der Waals surface area contributed by atoms with Crippen LogP contribution in [0.5, 0.6) is 0 Å². The zero-order chi connectivity index (χ0) is 15.7. The van der Waals surface area contributed by atoms with Gasteiger partial charge in [-0.1, -0.05) is 0 Å². The van der Waals surface area contributed by atoms with Gasteiger partial charge in [0.25, 0.3) is 5.56 Å². The fourth-order valence-electron chi connectivity index (χ4n) is 1.45. The zero-order valence-corrected chi connectivity index (χ0v) is 12.1. The molecule has 1 aromatic rings. The van der Waals surface area contributed by atoms with Crippen LogP contribution in [0.2, 0.25) is 0 Å². The lowest BCUT2D eigenvalue weighted by Gasteiger charge is -2.25. The van der Waals surface area contributed by atoms with E-state index in [1.807, 2.05) is 4.72 Å². The first-order valence-electron chi connectivity index (χ1n) is 5.60. The summed E-state index contributed by atoms with van der Waals surface area (Å²) < 4.78 is 27.9. The highest BCUT2D eigenvalue weighted by Gasteiger charge is 2.31. The van der Waals surface area contributed by atoms with Crippen molar-refractivity contribution in [2.45, 2.75) is 17.4 Å². The van der Waals surface area contributed by atoms with Gasteiger partial charge in [-0.25, -0.2) is 17.9 Å². The van der Waals surface area contributed by atoms with Crippen LogP contribution in [0, 0.1) is 0 Å². The fourth-order valence-corrected chi connectivity index (χ4v) is 3.00. The van der Waals surface area contributed by atoms with Crippen LogP contribution in [0.1, 0.15) is 6.92 Å². The van der Waals surface area contributed by atoms with Crippen LogP contribution in [0.4, 0.5) is 0 Å². The molecular formula is C10H17N3O6S. The molecule has 0 saturated carbocycles. The van der Waals surface area contributed by atoms with Crippen LogP contribution in [-0.4, -0.2) is 46.5 Å². The van der Waals surface area contributed by atoms with Crippen molar-refractivity contribution >= 4 is 10.0 Å². The molecule has 0 saturated heterocycles. The van der Waals surface area contributed by atoms with E-state index >= 15 is 0 Å². The summed E-state index contributed by atoms with van der Waals surface area (Å²) >= 11 is 0. The lowest BCUT2D eigenvalue weighted by Crippen LogP contribution is -2.53. The first-order chi connectivity index (χ1) is 9.08. The monoisotopic (exact) mass is 307 g/mol. The van der Waals surface area contributed by atoms with Crippen molar-refractivity contribution in [3.63, 3.8) is 0 Å². The van der Waals surface area contributed by atoms with E-state index in [0.29, 0.717) is 4.57 Å². The average Bonchev–Trinajstić information content (AvgIpc) is 2.39. The summed E-state index contributed by atoms with van der Waals surface area (Å²) in [5.41, 5.74) is -3.17. The maximum atomic E-state index is 12.1. The molecule has 0 bridgehead atoms. The molecule has 0 amide bonds. The second-order valence-electron chi connectivity index (χ2n) is 4.73. The van der Waals surface area contributed by atoms with E-state index in [2.05, 4.69) is 0 Å². The van der Waals surface area contributed by atoms with Gasteiger partial charge in [-0.3, -0.25) is 9.36 Å². The third-order valence-electron chi connectivity index (χ3n) is 2.78. The number of aliphatic hydroxyl groups is 2. The van der Waals surface area contributed by atoms with Crippen LogP contribution >= 0.6 is 0 Å². The minimum atomic E-state index is -4.30. The second kappa shape index (κ2) is 5.48. The van der Waals surface area contributed by atoms with Gasteiger partial charge in [0.1, 0.15) is 0 Å². The SMILES string of the molecule is Cn1cc(S(=O)(=O)NC(C)(CO)CO)c(=O)n(C)c1=O. The molecule has 114 valence electrons. The van der Waals surface area contributed by atoms with Gasteiger partial charge in [-0.05, 0) is 6.92 Å². The fraction of sp³-hybridized carbons (Fsp3) is 0.600. The van der Waals surface area contributed by atoms with Gasteiger partial charge in [-0.15, -0.1) is 0 Å². The Balaban J connectivity index is 3.46. The van der Waals surface area contributed by atoms with E-state index in [1.165, 1.54) is 14.0 Å². The molecular weight excluding hydrogens is 290 g/mol. The van der Waals surface area contributed by atoms with Crippen molar-refractivity contribution in [2.24, 2.45) is 14.1 Å². The summed E-state index contributed by atoms with van der Waals surface area (Å²) in [7, 11) is -1.84. The molecule has 1 rings (SSSR count). The summed E-state index contributed by atoms with van der Waals surface area (Å²) in [5.74, 6) is 0. The summed E-state index contributed by atoms with van der Waals surface area (Å²) in [6.07, 6.45) is 0.891. The minimum Gasteiger partial charge on any atom is -0.394 e. The van der Waals surface area contributed by atoms with Gasteiger partial charge in [0.15, 0.2) is 4.90 Å². The summed E-state index contributed by atoms with van der Waals surface area (Å²) in [6.45, 7) is -0.0411. The summed E-state index contributed by atoms with van der Waals surface area (Å²) in [5, 5.41) is 18.2. The van der Waals surface area contributed by atoms with Crippen molar-refractivity contribution in [1.29, 1.82) is 0 Å². The maximum Gasteiger partial charge on any atom is 0.330 e. The molecule has 0 aromatic carbocycles. The number of aliphatic hydroxyl groups excluding tert-OH is 2. The molecule has 1 aromatic heterocycles. The molecule has 0 atom stereocenters. The molecule has 9 nitrogen and oxygen atoms in total. The van der Waals surface area contributed by atoms with Crippen LogP contribution in [0.15, 0.2) is 20.7 Å². The van der Waals surface area contributed by atoms with E-state index in [-0.39, 0.29) is 0 Å². The van der Waals surface area contributed by atoms with Gasteiger partial charge >= 0.3 is 5.69 Å². The van der Waals surface area contributed by atoms with Crippen LogP contribution < -0.4 is 16.0 Å². The predicted octanol–water partition coefficient (Wildman–Crippen LogP) is -2.89. The summed E-state index contributed by atoms with van der Waals surface area (Å²) in [6, 6.07) is 0. The van der Waals surface area contributed by atoms with Crippen molar-refractivity contribution in [3.8, 4) is 0 Å². The molecule has 0 spiro atoms. The van der Waals surface area contributed by atoms with Crippen molar-refractivity contribution in [1.82, 2.24) is 13.9 Å². The number of nitrogens with zero attached hydrogens (tertiary/aromatic N) is 2. The molecule has 0 radical (unpaired) electrons. The Morgan fingerprint density at radius 2 is 1.75 bits per heavy atom. The Labute approximate surface area is 115 Å². The Morgan fingerprint density at radius 3 is 2.20 bits per heavy atom. The van der Waals surface area contributed by atoms with Crippen molar-refractivity contribution in [3.05, 3.63) is 27.0 Å². The van der Waals surface area contributed by atoms with Crippen LogP contribution in [0.25, 0.3) is 0 Å². The Bertz CT molecular complexity index is 713. The minimum absolute atomic E-state index is 0.643. The molecule has 0 fully saturated rings. The molecule has 3 N–H and O–H groups in total. The van der Waals surface area contributed by atoms with E-state index in [4.69, 9.17) is 10.2 Å². The predicted molar refractivity (Wildman–Crippen MR) is 69.8 cm³/mol. The van der Waals surface area contributed by atoms with Gasteiger partial charge in [0.05, 0.1) is 18.8 Å². The third kappa shape index (κ3) is 2.98. The molecule has 0 unspecified atom stereocenters. The second-order valence-corrected chi connectivity index (χ2v) is 6.38. The molecule has 1 heterocycles. The Hall–Kier alpha value is -1.49. The van der Waals surface area contributed by atoms with E-state index in [9.17, 15) is 18.0 Å². The van der Waals surface area contributed by atoms with Gasteiger partial charge < -0.3 is 14.8 Å². The van der Waals surface area contributed by atoms with E-state index in [1.54, 1.807) is 0 Å². The highest BCUT2D eigenvalue weighted by Crippen LogP contribution is 2.08. The van der Waals surface area contributed by atoms with Crippen molar-refractivity contribution in [2.75, 3.05) is 13.2 Å². The Morgan fingerprint density at radius 1 is 1.25 bits per heavy atom. The zero-order valence-electron chi connectivity index (χ0n) is 11.3. The standard InChI is InChI=1S/C10H17N3O6S/c1-10(5-14,6-15)11-20(18,19)7-4-12(2)9(17)13(3)8(7)16/h4,11,14-15H,5-6H2,1-3H3. The number of hydrogen-bond donors (Lipinski definition) is 3. The third-order valence-corrected chi connectivity index (χ3v) is 4.40. The van der Waals surface area contributed by atoms with E-state index < -0.39 is 44.9 Å². The van der Waals surface area contributed by atoms with Crippen molar-refractivity contribution < 1.29 is 18.6 Å². The molecule has 20 heavy (non-hydrogen) atoms. The number of aromatic nitrogens is 2. The Kier molecular flexibility index (Phi) is 4.54. The first-order valence-corrected chi connectivity index (χ1v) is 7.08. The molecule has 0 aliphatic rings. The highest BCUT2D eigenvalue weighted by atomic mass is 32.2. The topological polar surface area (TPSA) is 131 Å². The molecule has 0 aliphatic carbocycles. The number of aryl methyl sites for hydroxylation is 1. The first kappa shape index (κ1) is 16.6. The maximum absolute atomic E-state index is 12.1. The lowest BCUT2D eigenvalue weighted by atomic mass is 10.1. The number of nitrogens with one attached hydrogen (secondary N) is 1. The number of sulfonamides is 1. The van der Waals surface area contributed by atoms with Crippen LogP contribution in [-0.2, 0) is 24.1 Å². The van der Waals surface area contributed by atoms with Gasteiger partial charge in [0.2, 0.25) is 10.0 Å². The number of rotatable bonds is 5. The quantitative estimate of drug-likeness (QED) is 0.535. The summed E-state index contributed by atoms with van der Waals surface area (Å²) in [4.78, 5) is 22.7. The number of hydrogen-bond acceptors (Lipinski definition) is 6. The van der Waals surface area contributed by atoms with Gasteiger partial charge in [-0.2, -0.15) is 0 Å². The van der Waals surface area contributed by atoms with E-state index in [0.717, 1.165) is 17.8 Å². The average molecular weight is 307 g/mol. The molecule has 0 aliphatic heterocycles. The molecule has 10 heteroatoms. The van der Waals surface area contributed by atoms with Crippen LogP contribution in [0.3, 0.4) is 0 Å². The highest BCUT2D eigenvalue weighted by molar-refractivity contribution is 7.89. The normalized spacial score (nSPS) is 12.7. The largest absolute Gasteiger partial charge is 0.394 e.